The zero-order valence-corrected chi connectivity index (χ0v) is 18.3. The lowest BCUT2D eigenvalue weighted by Gasteiger charge is -2.28. The number of piperidine rings is 1. The molecule has 0 atom stereocenters. The highest BCUT2D eigenvalue weighted by atomic mass is 16.5. The van der Waals surface area contributed by atoms with Crippen LogP contribution in [0.15, 0.2) is 48.9 Å². The summed E-state index contributed by atoms with van der Waals surface area (Å²) in [5.41, 5.74) is 2.46. The standard InChI is InChI=1S/C24H29N5O2/c1-25-24(30)21-13-20(12-18-4-8-26-15-22(18)21)29(3)19-5-9-27-23(14-19)31-16-17-6-10-28(2)11-7-17/h4-5,8-9,12-15,17H,6-7,10-11,16H2,1-3H3,(H,25,30). The molecule has 3 heterocycles. The molecule has 0 bridgehead atoms. The fraction of sp³-hybridized carbons (Fsp3) is 0.375. The number of likely N-dealkylation sites (tertiary alicyclic amines) is 1. The molecule has 1 saturated heterocycles. The molecule has 31 heavy (non-hydrogen) atoms. The van der Waals surface area contributed by atoms with Crippen molar-refractivity contribution in [1.82, 2.24) is 20.2 Å². The van der Waals surface area contributed by atoms with Crippen LogP contribution in [0.4, 0.5) is 11.4 Å². The second kappa shape index (κ2) is 9.31. The zero-order chi connectivity index (χ0) is 21.8. The number of fused-ring (bicyclic) bond motifs is 1. The summed E-state index contributed by atoms with van der Waals surface area (Å²) in [4.78, 5) is 25.4. The number of benzene rings is 1. The van der Waals surface area contributed by atoms with E-state index in [1.165, 1.54) is 0 Å². The number of ether oxygens (including phenoxy) is 1. The van der Waals surface area contributed by atoms with Gasteiger partial charge in [-0.15, -0.1) is 0 Å². The Labute approximate surface area is 183 Å². The summed E-state index contributed by atoms with van der Waals surface area (Å²) in [7, 11) is 5.78. The van der Waals surface area contributed by atoms with E-state index in [1.807, 2.05) is 36.2 Å². The minimum atomic E-state index is -0.134. The average Bonchev–Trinajstić information content (AvgIpc) is 2.82. The number of rotatable bonds is 6. The van der Waals surface area contributed by atoms with Crippen LogP contribution in [0.1, 0.15) is 23.2 Å². The van der Waals surface area contributed by atoms with Crippen molar-refractivity contribution in [2.24, 2.45) is 5.92 Å². The Balaban J connectivity index is 1.55. The molecule has 0 radical (unpaired) electrons. The molecule has 1 aliphatic heterocycles. The third kappa shape index (κ3) is 4.77. The molecule has 0 aliphatic carbocycles. The van der Waals surface area contributed by atoms with Gasteiger partial charge in [-0.25, -0.2) is 4.98 Å². The molecular formula is C24H29N5O2. The third-order valence-electron chi connectivity index (χ3n) is 6.01. The summed E-state index contributed by atoms with van der Waals surface area (Å²) in [6.45, 7) is 2.93. The summed E-state index contributed by atoms with van der Waals surface area (Å²) < 4.78 is 6.03. The number of carbonyl (C=O) groups excluding carboxylic acids is 1. The molecular weight excluding hydrogens is 390 g/mol. The van der Waals surface area contributed by atoms with E-state index in [1.54, 1.807) is 25.6 Å². The predicted octanol–water partition coefficient (Wildman–Crippen LogP) is 3.48. The minimum absolute atomic E-state index is 0.134. The van der Waals surface area contributed by atoms with Gasteiger partial charge in [0.05, 0.1) is 12.2 Å². The van der Waals surface area contributed by atoms with Gasteiger partial charge in [0.2, 0.25) is 5.88 Å². The first-order chi connectivity index (χ1) is 15.0. The summed E-state index contributed by atoms with van der Waals surface area (Å²) in [6, 6.07) is 9.76. The molecule has 7 heteroatoms. The number of anilines is 2. The van der Waals surface area contributed by atoms with Gasteiger partial charge >= 0.3 is 0 Å². The number of hydrogen-bond acceptors (Lipinski definition) is 6. The summed E-state index contributed by atoms with van der Waals surface area (Å²) >= 11 is 0. The number of pyridine rings is 2. The number of amides is 1. The normalized spacial score (nSPS) is 15.1. The molecule has 3 aromatic rings. The van der Waals surface area contributed by atoms with Gasteiger partial charge in [0.15, 0.2) is 0 Å². The topological polar surface area (TPSA) is 70.6 Å². The Morgan fingerprint density at radius 1 is 1.19 bits per heavy atom. The van der Waals surface area contributed by atoms with Gasteiger partial charge in [-0.3, -0.25) is 9.78 Å². The van der Waals surface area contributed by atoms with E-state index in [2.05, 4.69) is 33.3 Å². The van der Waals surface area contributed by atoms with E-state index in [-0.39, 0.29) is 5.91 Å². The van der Waals surface area contributed by atoms with Crippen LogP contribution < -0.4 is 15.0 Å². The Morgan fingerprint density at radius 2 is 2.00 bits per heavy atom. The van der Waals surface area contributed by atoms with E-state index in [9.17, 15) is 4.79 Å². The predicted molar refractivity (Wildman–Crippen MR) is 123 cm³/mol. The van der Waals surface area contributed by atoms with Crippen LogP contribution >= 0.6 is 0 Å². The Bertz CT molecular complexity index is 1060. The summed E-state index contributed by atoms with van der Waals surface area (Å²) in [6.07, 6.45) is 7.54. The summed E-state index contributed by atoms with van der Waals surface area (Å²) in [5, 5.41) is 4.51. The van der Waals surface area contributed by atoms with Crippen molar-refractivity contribution in [2.45, 2.75) is 12.8 Å². The summed E-state index contributed by atoms with van der Waals surface area (Å²) in [5.74, 6) is 1.06. The van der Waals surface area contributed by atoms with Crippen LogP contribution in [0.25, 0.3) is 10.8 Å². The lowest BCUT2D eigenvalue weighted by Crippen LogP contribution is -2.32. The molecule has 0 saturated carbocycles. The molecule has 7 nitrogen and oxygen atoms in total. The zero-order valence-electron chi connectivity index (χ0n) is 18.3. The van der Waals surface area contributed by atoms with Crippen molar-refractivity contribution >= 4 is 28.1 Å². The van der Waals surface area contributed by atoms with Gasteiger partial charge in [-0.05, 0) is 68.5 Å². The molecule has 1 aliphatic rings. The number of nitrogens with zero attached hydrogens (tertiary/aromatic N) is 4. The van der Waals surface area contributed by atoms with E-state index in [4.69, 9.17) is 4.74 Å². The molecule has 2 aromatic heterocycles. The lowest BCUT2D eigenvalue weighted by molar-refractivity contribution is 0.0964. The van der Waals surface area contributed by atoms with Gasteiger partial charge < -0.3 is 19.9 Å². The van der Waals surface area contributed by atoms with Crippen LogP contribution in [0.2, 0.25) is 0 Å². The molecule has 1 aromatic carbocycles. The highest BCUT2D eigenvalue weighted by Gasteiger charge is 2.18. The van der Waals surface area contributed by atoms with Crippen LogP contribution in [0.3, 0.4) is 0 Å². The van der Waals surface area contributed by atoms with Crippen LogP contribution in [0, 0.1) is 5.92 Å². The third-order valence-corrected chi connectivity index (χ3v) is 6.01. The monoisotopic (exact) mass is 419 g/mol. The van der Waals surface area contributed by atoms with E-state index in [0.29, 0.717) is 24.0 Å². The molecule has 0 unspecified atom stereocenters. The van der Waals surface area contributed by atoms with Crippen LogP contribution in [-0.4, -0.2) is 61.6 Å². The first-order valence-corrected chi connectivity index (χ1v) is 10.7. The lowest BCUT2D eigenvalue weighted by atomic mass is 9.98. The second-order valence-corrected chi connectivity index (χ2v) is 8.14. The molecule has 4 rings (SSSR count). The maximum atomic E-state index is 12.5. The van der Waals surface area contributed by atoms with Crippen LogP contribution in [0.5, 0.6) is 5.88 Å². The number of hydrogen-bond donors (Lipinski definition) is 1. The SMILES string of the molecule is CNC(=O)c1cc(N(C)c2ccnc(OCC3CCN(C)CC3)c2)cc2ccncc12. The Hall–Kier alpha value is -3.19. The fourth-order valence-electron chi connectivity index (χ4n) is 3.97. The van der Waals surface area contributed by atoms with Crippen LogP contribution in [-0.2, 0) is 0 Å². The molecule has 0 spiro atoms. The van der Waals surface area contributed by atoms with E-state index in [0.717, 1.165) is 48.1 Å². The Kier molecular flexibility index (Phi) is 6.32. The van der Waals surface area contributed by atoms with Crippen molar-refractivity contribution in [3.63, 3.8) is 0 Å². The number of aromatic nitrogens is 2. The van der Waals surface area contributed by atoms with Gasteiger partial charge in [0, 0.05) is 55.5 Å². The van der Waals surface area contributed by atoms with Gasteiger partial charge in [-0.2, -0.15) is 0 Å². The maximum Gasteiger partial charge on any atom is 0.251 e. The van der Waals surface area contributed by atoms with Crippen molar-refractivity contribution in [3.8, 4) is 5.88 Å². The molecule has 1 N–H and O–H groups in total. The average molecular weight is 420 g/mol. The van der Waals surface area contributed by atoms with E-state index < -0.39 is 0 Å². The largest absolute Gasteiger partial charge is 0.477 e. The van der Waals surface area contributed by atoms with Crippen molar-refractivity contribution in [1.29, 1.82) is 0 Å². The number of carbonyl (C=O) groups is 1. The van der Waals surface area contributed by atoms with Crippen molar-refractivity contribution in [3.05, 3.63) is 54.5 Å². The fourth-order valence-corrected chi connectivity index (χ4v) is 3.97. The van der Waals surface area contributed by atoms with Gasteiger partial charge in [-0.1, -0.05) is 0 Å². The second-order valence-electron chi connectivity index (χ2n) is 8.14. The van der Waals surface area contributed by atoms with Crippen molar-refractivity contribution in [2.75, 3.05) is 45.7 Å². The Morgan fingerprint density at radius 3 is 2.77 bits per heavy atom. The quantitative estimate of drug-likeness (QED) is 0.660. The van der Waals surface area contributed by atoms with Crippen molar-refractivity contribution < 1.29 is 9.53 Å². The molecule has 1 amide bonds. The van der Waals surface area contributed by atoms with Gasteiger partial charge in [0.25, 0.3) is 5.91 Å². The highest BCUT2D eigenvalue weighted by Crippen LogP contribution is 2.31. The molecule has 1 fully saturated rings. The van der Waals surface area contributed by atoms with Gasteiger partial charge in [0.1, 0.15) is 0 Å². The first-order valence-electron chi connectivity index (χ1n) is 10.7. The van der Waals surface area contributed by atoms with E-state index >= 15 is 0 Å². The maximum absolute atomic E-state index is 12.5. The minimum Gasteiger partial charge on any atom is -0.477 e. The number of nitrogens with one attached hydrogen (secondary N) is 1. The first kappa shape index (κ1) is 21.1. The molecule has 162 valence electrons. The highest BCUT2D eigenvalue weighted by molar-refractivity contribution is 6.08. The smallest absolute Gasteiger partial charge is 0.251 e.